The maximum Gasteiger partial charge on any atom is 0.138 e. The van der Waals surface area contributed by atoms with E-state index in [1.54, 1.807) is 13.2 Å². The highest BCUT2D eigenvalue weighted by atomic mass is 35.5. The van der Waals surface area contributed by atoms with Gasteiger partial charge < -0.3 is 10.5 Å². The van der Waals surface area contributed by atoms with E-state index in [1.165, 1.54) is 19.3 Å². The number of ether oxygens (including phenoxy) is 1. The lowest BCUT2D eigenvalue weighted by Gasteiger charge is -2.42. The van der Waals surface area contributed by atoms with Crippen molar-refractivity contribution in [2.45, 2.75) is 45.6 Å². The third-order valence-electron chi connectivity index (χ3n) is 4.65. The van der Waals surface area contributed by atoms with Crippen LogP contribution in [0.2, 0.25) is 10.0 Å². The van der Waals surface area contributed by atoms with Crippen LogP contribution in [0.5, 0.6) is 5.75 Å². The van der Waals surface area contributed by atoms with Crippen LogP contribution in [0, 0.1) is 11.3 Å². The van der Waals surface area contributed by atoms with Crippen LogP contribution in [0.15, 0.2) is 12.1 Å². The molecule has 0 radical (unpaired) electrons. The second kappa shape index (κ2) is 6.13. The monoisotopic (exact) mass is 315 g/mol. The van der Waals surface area contributed by atoms with Crippen LogP contribution in [0.3, 0.4) is 0 Å². The molecule has 2 atom stereocenters. The van der Waals surface area contributed by atoms with Crippen LogP contribution in [0.4, 0.5) is 0 Å². The van der Waals surface area contributed by atoms with Gasteiger partial charge in [0.25, 0.3) is 0 Å². The van der Waals surface area contributed by atoms with Crippen molar-refractivity contribution in [3.05, 3.63) is 27.7 Å². The minimum absolute atomic E-state index is 0.0822. The molecule has 2 rings (SSSR count). The summed E-state index contributed by atoms with van der Waals surface area (Å²) in [5.41, 5.74) is 7.69. The van der Waals surface area contributed by atoms with Gasteiger partial charge in [-0.15, -0.1) is 0 Å². The summed E-state index contributed by atoms with van der Waals surface area (Å²) in [6, 6.07) is 3.54. The highest BCUT2D eigenvalue weighted by Crippen LogP contribution is 2.47. The first kappa shape index (κ1) is 15.9. The largest absolute Gasteiger partial charge is 0.495 e. The first-order chi connectivity index (χ1) is 9.36. The van der Waals surface area contributed by atoms with Crippen molar-refractivity contribution in [3.8, 4) is 5.75 Å². The SMILES string of the molecule is COc1cc(Cl)c(C(N)C2CCCCC2(C)C)cc1Cl. The van der Waals surface area contributed by atoms with E-state index < -0.39 is 0 Å². The Hall–Kier alpha value is -0.440. The summed E-state index contributed by atoms with van der Waals surface area (Å²) in [6.45, 7) is 4.60. The van der Waals surface area contributed by atoms with Crippen molar-refractivity contribution in [1.29, 1.82) is 0 Å². The number of rotatable bonds is 3. The Morgan fingerprint density at radius 2 is 1.95 bits per heavy atom. The van der Waals surface area contributed by atoms with Gasteiger partial charge >= 0.3 is 0 Å². The quantitative estimate of drug-likeness (QED) is 0.830. The van der Waals surface area contributed by atoms with Crippen LogP contribution in [0.1, 0.15) is 51.1 Å². The number of methoxy groups -OCH3 is 1. The number of hydrogen-bond acceptors (Lipinski definition) is 2. The van der Waals surface area contributed by atoms with E-state index in [0.29, 0.717) is 21.7 Å². The van der Waals surface area contributed by atoms with E-state index in [9.17, 15) is 0 Å². The smallest absolute Gasteiger partial charge is 0.138 e. The molecule has 1 saturated carbocycles. The Balaban J connectivity index is 2.33. The Labute approximate surface area is 131 Å². The molecule has 4 heteroatoms. The number of hydrogen-bond donors (Lipinski definition) is 1. The predicted octanol–water partition coefficient (Wildman–Crippen LogP) is 5.22. The molecule has 1 fully saturated rings. The maximum atomic E-state index is 6.52. The number of nitrogens with two attached hydrogens (primary N) is 1. The van der Waals surface area contributed by atoms with E-state index in [-0.39, 0.29) is 11.5 Å². The first-order valence-electron chi connectivity index (χ1n) is 7.15. The van der Waals surface area contributed by atoms with Crippen LogP contribution in [0.25, 0.3) is 0 Å². The molecular formula is C16H23Cl2NO. The average molecular weight is 316 g/mol. The summed E-state index contributed by atoms with van der Waals surface area (Å²) < 4.78 is 5.19. The third kappa shape index (κ3) is 3.08. The van der Waals surface area contributed by atoms with Gasteiger partial charge in [-0.25, -0.2) is 0 Å². The molecule has 2 unspecified atom stereocenters. The van der Waals surface area contributed by atoms with Crippen LogP contribution >= 0.6 is 23.2 Å². The average Bonchev–Trinajstić information content (AvgIpc) is 2.39. The standard InChI is InChI=1S/C16H23Cl2NO/c1-16(2)7-5-4-6-11(16)15(19)10-8-13(18)14(20-3)9-12(10)17/h8-9,11,15H,4-7,19H2,1-3H3. The van der Waals surface area contributed by atoms with E-state index in [2.05, 4.69) is 13.8 Å². The summed E-state index contributed by atoms with van der Waals surface area (Å²) in [4.78, 5) is 0. The molecular weight excluding hydrogens is 293 g/mol. The van der Waals surface area contributed by atoms with Crippen molar-refractivity contribution in [1.82, 2.24) is 0 Å². The molecule has 112 valence electrons. The molecule has 1 aromatic carbocycles. The molecule has 1 aliphatic rings. The van der Waals surface area contributed by atoms with Gasteiger partial charge in [0.1, 0.15) is 5.75 Å². The molecule has 0 bridgehead atoms. The molecule has 0 heterocycles. The topological polar surface area (TPSA) is 35.2 Å². The molecule has 0 spiro atoms. The Kier molecular flexibility index (Phi) is 4.88. The molecule has 0 aromatic heterocycles. The fraction of sp³-hybridized carbons (Fsp3) is 0.625. The fourth-order valence-electron chi connectivity index (χ4n) is 3.36. The molecule has 1 aromatic rings. The van der Waals surface area contributed by atoms with E-state index >= 15 is 0 Å². The van der Waals surface area contributed by atoms with Crippen molar-refractivity contribution in [2.75, 3.05) is 7.11 Å². The van der Waals surface area contributed by atoms with Crippen molar-refractivity contribution in [3.63, 3.8) is 0 Å². The lowest BCUT2D eigenvalue weighted by Crippen LogP contribution is -2.36. The fourth-order valence-corrected chi connectivity index (χ4v) is 3.89. The lowest BCUT2D eigenvalue weighted by molar-refractivity contribution is 0.112. The Morgan fingerprint density at radius 3 is 2.55 bits per heavy atom. The zero-order valence-corrected chi connectivity index (χ0v) is 13.9. The predicted molar refractivity (Wildman–Crippen MR) is 85.7 cm³/mol. The van der Waals surface area contributed by atoms with Crippen LogP contribution in [-0.4, -0.2) is 7.11 Å². The second-order valence-corrected chi connectivity index (χ2v) is 7.19. The van der Waals surface area contributed by atoms with Gasteiger partial charge in [0, 0.05) is 17.1 Å². The normalized spacial score (nSPS) is 23.4. The third-order valence-corrected chi connectivity index (χ3v) is 5.28. The minimum atomic E-state index is -0.0822. The van der Waals surface area contributed by atoms with Crippen molar-refractivity contribution in [2.24, 2.45) is 17.1 Å². The molecule has 0 aliphatic heterocycles. The van der Waals surface area contributed by atoms with Gasteiger partial charge in [-0.05, 0) is 35.8 Å². The maximum absolute atomic E-state index is 6.52. The van der Waals surface area contributed by atoms with Gasteiger partial charge in [0.15, 0.2) is 0 Å². The number of halogens is 2. The molecule has 0 saturated heterocycles. The lowest BCUT2D eigenvalue weighted by atomic mass is 9.65. The molecule has 2 N–H and O–H groups in total. The van der Waals surface area contributed by atoms with E-state index in [4.69, 9.17) is 33.7 Å². The van der Waals surface area contributed by atoms with Crippen LogP contribution in [-0.2, 0) is 0 Å². The second-order valence-electron chi connectivity index (χ2n) is 6.37. The molecule has 20 heavy (non-hydrogen) atoms. The molecule has 1 aliphatic carbocycles. The van der Waals surface area contributed by atoms with Gasteiger partial charge in [0.05, 0.1) is 12.1 Å². The molecule has 0 amide bonds. The summed E-state index contributed by atoms with van der Waals surface area (Å²) in [5, 5.41) is 1.20. The molecule has 2 nitrogen and oxygen atoms in total. The Bertz CT molecular complexity index is 488. The van der Waals surface area contributed by atoms with Gasteiger partial charge in [0.2, 0.25) is 0 Å². The summed E-state index contributed by atoms with van der Waals surface area (Å²) in [6.07, 6.45) is 4.89. The highest BCUT2D eigenvalue weighted by Gasteiger charge is 2.37. The first-order valence-corrected chi connectivity index (χ1v) is 7.91. The van der Waals surface area contributed by atoms with Crippen molar-refractivity contribution >= 4 is 23.2 Å². The van der Waals surface area contributed by atoms with Gasteiger partial charge in [-0.2, -0.15) is 0 Å². The number of benzene rings is 1. The van der Waals surface area contributed by atoms with Crippen molar-refractivity contribution < 1.29 is 4.74 Å². The van der Waals surface area contributed by atoms with Crippen LogP contribution < -0.4 is 10.5 Å². The zero-order valence-electron chi connectivity index (χ0n) is 12.4. The highest BCUT2D eigenvalue weighted by molar-refractivity contribution is 6.34. The summed E-state index contributed by atoms with van der Waals surface area (Å²) in [7, 11) is 1.58. The Morgan fingerprint density at radius 1 is 1.25 bits per heavy atom. The summed E-state index contributed by atoms with van der Waals surface area (Å²) in [5.74, 6) is 1.02. The van der Waals surface area contributed by atoms with E-state index in [1.807, 2.05) is 6.07 Å². The summed E-state index contributed by atoms with van der Waals surface area (Å²) >= 11 is 12.6. The van der Waals surface area contributed by atoms with Gasteiger partial charge in [-0.1, -0.05) is 49.9 Å². The van der Waals surface area contributed by atoms with Gasteiger partial charge in [-0.3, -0.25) is 0 Å². The zero-order chi connectivity index (χ0) is 14.9. The minimum Gasteiger partial charge on any atom is -0.495 e. The van der Waals surface area contributed by atoms with E-state index in [0.717, 1.165) is 12.0 Å².